The van der Waals surface area contributed by atoms with Gasteiger partial charge in [-0.2, -0.15) is 0 Å². The molecule has 1 aliphatic heterocycles. The highest BCUT2D eigenvalue weighted by molar-refractivity contribution is 5.86. The molecule has 0 saturated heterocycles. The monoisotopic (exact) mass is 371 g/mol. The summed E-state index contributed by atoms with van der Waals surface area (Å²) < 4.78 is 6.61. The van der Waals surface area contributed by atoms with Crippen LogP contribution in [-0.2, 0) is 0 Å². The van der Waals surface area contributed by atoms with E-state index < -0.39 is 0 Å². The lowest BCUT2D eigenvalue weighted by Crippen LogP contribution is -2.45. The molecule has 1 fully saturated rings. The summed E-state index contributed by atoms with van der Waals surface area (Å²) in [6, 6.07) is 24.6. The highest BCUT2D eigenvalue weighted by Crippen LogP contribution is 2.46. The first-order valence-corrected chi connectivity index (χ1v) is 10.8. The average molecular weight is 372 g/mol. The van der Waals surface area contributed by atoms with Gasteiger partial charge >= 0.3 is 0 Å². The van der Waals surface area contributed by atoms with E-state index in [4.69, 9.17) is 4.74 Å². The highest BCUT2D eigenvalue weighted by atomic mass is 16.5. The highest BCUT2D eigenvalue weighted by Gasteiger charge is 2.41. The Morgan fingerprint density at radius 1 is 0.893 bits per heavy atom. The molecule has 2 atom stereocenters. The fraction of sp³-hybridized carbons (Fsp3) is 0.385. The molecule has 3 aromatic rings. The summed E-state index contributed by atoms with van der Waals surface area (Å²) in [4.78, 5) is 0. The van der Waals surface area contributed by atoms with E-state index in [0.717, 1.165) is 12.2 Å². The van der Waals surface area contributed by atoms with Gasteiger partial charge in [0.25, 0.3) is 0 Å². The van der Waals surface area contributed by atoms with Crippen molar-refractivity contribution in [2.45, 2.75) is 63.1 Å². The van der Waals surface area contributed by atoms with Crippen molar-refractivity contribution in [3.8, 4) is 5.75 Å². The number of rotatable bonds is 3. The quantitative estimate of drug-likeness (QED) is 0.552. The Kier molecular flexibility index (Phi) is 4.60. The SMILES string of the molecule is CC(NC1CC2(CCCCC2)Oc2ccccc21)c1cccc2ccccc12. The van der Waals surface area contributed by atoms with E-state index in [1.54, 1.807) is 0 Å². The molecule has 0 aromatic heterocycles. The van der Waals surface area contributed by atoms with Crippen molar-refractivity contribution in [1.82, 2.24) is 5.32 Å². The van der Waals surface area contributed by atoms with Crippen LogP contribution in [0.15, 0.2) is 66.7 Å². The van der Waals surface area contributed by atoms with Gasteiger partial charge in [0.05, 0.1) is 0 Å². The number of para-hydroxylation sites is 1. The number of hydrogen-bond acceptors (Lipinski definition) is 2. The van der Waals surface area contributed by atoms with Crippen molar-refractivity contribution in [3.05, 3.63) is 77.9 Å². The fourth-order valence-electron chi connectivity index (χ4n) is 5.29. The minimum atomic E-state index is 0.0166. The maximum absolute atomic E-state index is 6.61. The van der Waals surface area contributed by atoms with E-state index >= 15 is 0 Å². The third-order valence-electron chi connectivity index (χ3n) is 6.70. The van der Waals surface area contributed by atoms with Gasteiger partial charge in [0.15, 0.2) is 0 Å². The predicted molar refractivity (Wildman–Crippen MR) is 116 cm³/mol. The molecule has 28 heavy (non-hydrogen) atoms. The molecule has 2 heteroatoms. The third kappa shape index (κ3) is 3.20. The van der Waals surface area contributed by atoms with Crippen molar-refractivity contribution in [3.63, 3.8) is 0 Å². The molecular weight excluding hydrogens is 342 g/mol. The summed E-state index contributed by atoms with van der Waals surface area (Å²) in [5.74, 6) is 1.08. The van der Waals surface area contributed by atoms with Crippen LogP contribution in [0.3, 0.4) is 0 Å². The van der Waals surface area contributed by atoms with Gasteiger partial charge < -0.3 is 10.1 Å². The number of ether oxygens (including phenoxy) is 1. The fourth-order valence-corrected chi connectivity index (χ4v) is 5.29. The van der Waals surface area contributed by atoms with Gasteiger partial charge in [-0.3, -0.25) is 0 Å². The molecule has 1 aliphatic carbocycles. The maximum Gasteiger partial charge on any atom is 0.124 e. The molecule has 0 amide bonds. The molecule has 2 nitrogen and oxygen atoms in total. The second kappa shape index (κ2) is 7.25. The van der Waals surface area contributed by atoms with Crippen molar-refractivity contribution in [2.75, 3.05) is 0 Å². The molecule has 0 bridgehead atoms. The van der Waals surface area contributed by atoms with Crippen LogP contribution in [-0.4, -0.2) is 5.60 Å². The zero-order chi connectivity index (χ0) is 19.0. The number of nitrogens with one attached hydrogen (secondary N) is 1. The van der Waals surface area contributed by atoms with E-state index in [1.807, 2.05) is 0 Å². The summed E-state index contributed by atoms with van der Waals surface area (Å²) in [5, 5.41) is 6.63. The van der Waals surface area contributed by atoms with E-state index in [2.05, 4.69) is 79.0 Å². The van der Waals surface area contributed by atoms with Crippen molar-refractivity contribution in [2.24, 2.45) is 0 Å². The molecule has 3 aromatic carbocycles. The predicted octanol–water partition coefficient (Wildman–Crippen LogP) is 6.72. The minimum absolute atomic E-state index is 0.0166. The van der Waals surface area contributed by atoms with Gasteiger partial charge in [0, 0.05) is 24.1 Å². The standard InChI is InChI=1S/C26H29NO/c1-19(21-14-9-11-20-10-3-4-12-22(20)21)27-24-18-26(16-7-2-8-17-26)28-25-15-6-5-13-23(24)25/h3-6,9-15,19,24,27H,2,7-8,16-18H2,1H3. The summed E-state index contributed by atoms with van der Waals surface area (Å²) in [6.45, 7) is 2.30. The second-order valence-corrected chi connectivity index (χ2v) is 8.60. The lowest BCUT2D eigenvalue weighted by molar-refractivity contribution is -0.00386. The first kappa shape index (κ1) is 17.8. The van der Waals surface area contributed by atoms with Crippen LogP contribution in [0, 0.1) is 0 Å². The third-order valence-corrected chi connectivity index (χ3v) is 6.70. The minimum Gasteiger partial charge on any atom is -0.487 e. The first-order chi connectivity index (χ1) is 13.7. The molecule has 2 aliphatic rings. The van der Waals surface area contributed by atoms with Crippen LogP contribution in [0.4, 0.5) is 0 Å². The maximum atomic E-state index is 6.61. The van der Waals surface area contributed by atoms with Gasteiger partial charge in [-0.1, -0.05) is 67.1 Å². The number of benzene rings is 3. The van der Waals surface area contributed by atoms with Crippen LogP contribution >= 0.6 is 0 Å². The smallest absolute Gasteiger partial charge is 0.124 e. The Labute approximate surface area is 167 Å². The van der Waals surface area contributed by atoms with Crippen molar-refractivity contribution in [1.29, 1.82) is 0 Å². The normalized spacial score (nSPS) is 21.8. The summed E-state index contributed by atoms with van der Waals surface area (Å²) in [7, 11) is 0. The Morgan fingerprint density at radius 2 is 1.64 bits per heavy atom. The molecule has 144 valence electrons. The lowest BCUT2D eigenvalue weighted by Gasteiger charge is -2.45. The molecular formula is C26H29NO. The Bertz CT molecular complexity index is 968. The van der Waals surface area contributed by atoms with Gasteiger partial charge in [0.1, 0.15) is 11.4 Å². The summed E-state index contributed by atoms with van der Waals surface area (Å²) in [6.07, 6.45) is 7.35. The Morgan fingerprint density at radius 3 is 2.54 bits per heavy atom. The van der Waals surface area contributed by atoms with Gasteiger partial charge in [-0.15, -0.1) is 0 Å². The summed E-state index contributed by atoms with van der Waals surface area (Å²) >= 11 is 0. The zero-order valence-corrected chi connectivity index (χ0v) is 16.7. The Hall–Kier alpha value is -2.32. The van der Waals surface area contributed by atoms with Gasteiger partial charge in [-0.05, 0) is 55.0 Å². The van der Waals surface area contributed by atoms with Crippen LogP contribution in [0.5, 0.6) is 5.75 Å². The van der Waals surface area contributed by atoms with Crippen molar-refractivity contribution >= 4 is 10.8 Å². The topological polar surface area (TPSA) is 21.3 Å². The van der Waals surface area contributed by atoms with Crippen LogP contribution < -0.4 is 10.1 Å². The van der Waals surface area contributed by atoms with Crippen LogP contribution in [0.25, 0.3) is 10.8 Å². The number of fused-ring (bicyclic) bond motifs is 2. The second-order valence-electron chi connectivity index (χ2n) is 8.60. The Balaban J connectivity index is 1.47. The van der Waals surface area contributed by atoms with E-state index in [-0.39, 0.29) is 11.6 Å². The van der Waals surface area contributed by atoms with Gasteiger partial charge in [-0.25, -0.2) is 0 Å². The molecule has 1 heterocycles. The molecule has 0 radical (unpaired) electrons. The van der Waals surface area contributed by atoms with E-state index in [0.29, 0.717) is 6.04 Å². The first-order valence-electron chi connectivity index (χ1n) is 10.8. The molecule has 1 saturated carbocycles. The van der Waals surface area contributed by atoms with Crippen molar-refractivity contribution < 1.29 is 4.74 Å². The van der Waals surface area contributed by atoms with Gasteiger partial charge in [0.2, 0.25) is 0 Å². The largest absolute Gasteiger partial charge is 0.487 e. The van der Waals surface area contributed by atoms with Crippen LogP contribution in [0.2, 0.25) is 0 Å². The molecule has 5 rings (SSSR count). The molecule has 2 unspecified atom stereocenters. The average Bonchev–Trinajstić information content (AvgIpc) is 2.74. The number of hydrogen-bond donors (Lipinski definition) is 1. The van der Waals surface area contributed by atoms with Crippen LogP contribution in [0.1, 0.15) is 68.7 Å². The van der Waals surface area contributed by atoms with E-state index in [9.17, 15) is 0 Å². The lowest BCUT2D eigenvalue weighted by atomic mass is 9.77. The van der Waals surface area contributed by atoms with E-state index in [1.165, 1.54) is 54.0 Å². The molecule has 1 N–H and O–H groups in total. The summed E-state index contributed by atoms with van der Waals surface area (Å²) in [5.41, 5.74) is 2.70. The molecule has 1 spiro atoms. The zero-order valence-electron chi connectivity index (χ0n) is 16.7.